The summed E-state index contributed by atoms with van der Waals surface area (Å²) in [4.78, 5) is 18.7. The van der Waals surface area contributed by atoms with E-state index in [1.807, 2.05) is 24.3 Å². The second kappa shape index (κ2) is 8.11. The molecule has 4 aromatic rings. The second-order valence-corrected chi connectivity index (χ2v) is 8.35. The smallest absolute Gasteiger partial charge is 0.253 e. The molecule has 1 aromatic carbocycles. The van der Waals surface area contributed by atoms with E-state index in [9.17, 15) is 4.79 Å². The highest BCUT2D eigenvalue weighted by Crippen LogP contribution is 2.30. The third-order valence-electron chi connectivity index (χ3n) is 6.23. The Kier molecular flexibility index (Phi) is 5.15. The first-order valence-corrected chi connectivity index (χ1v) is 10.8. The first-order chi connectivity index (χ1) is 15.1. The van der Waals surface area contributed by atoms with Crippen LogP contribution < -0.4 is 5.56 Å². The Morgan fingerprint density at radius 1 is 1.13 bits per heavy atom. The van der Waals surface area contributed by atoms with Crippen molar-refractivity contribution < 1.29 is 4.42 Å². The van der Waals surface area contributed by atoms with Crippen LogP contribution in [0.1, 0.15) is 53.6 Å². The van der Waals surface area contributed by atoms with Crippen molar-refractivity contribution in [3.05, 3.63) is 75.2 Å². The normalized spacial score (nSPS) is 16.1. The predicted octanol–water partition coefficient (Wildman–Crippen LogP) is 3.35. The minimum absolute atomic E-state index is 0.0983. The summed E-state index contributed by atoms with van der Waals surface area (Å²) in [5, 5.41) is 13.5. The largest absolute Gasteiger partial charge is 0.467 e. The number of hydrogen-bond acceptors (Lipinski definition) is 6. The molecule has 0 aliphatic carbocycles. The molecule has 4 heterocycles. The zero-order chi connectivity index (χ0) is 21.4. The van der Waals surface area contributed by atoms with E-state index >= 15 is 0 Å². The molecule has 31 heavy (non-hydrogen) atoms. The fraction of sp³-hybridized carbons (Fsp3) is 0.391. The summed E-state index contributed by atoms with van der Waals surface area (Å²) in [5.41, 5.74) is 3.78. The Bertz CT molecular complexity index is 1250. The molecule has 1 atom stereocenters. The standard InChI is InChI=1S/C23H26N6O2/c1-15-11-17-13-19(23(30)24-20(17)12-16(15)2)21(28-8-4-3-5-9-28)22-25-26-27-29(22)14-18-7-6-10-31-18/h6-7,10-13,21H,3-5,8-9,14H2,1-2H3,(H,24,30)/t21-/m1/s1. The summed E-state index contributed by atoms with van der Waals surface area (Å²) < 4.78 is 7.24. The lowest BCUT2D eigenvalue weighted by molar-refractivity contribution is 0.176. The van der Waals surface area contributed by atoms with Gasteiger partial charge in [0.2, 0.25) is 0 Å². The van der Waals surface area contributed by atoms with Crippen LogP contribution >= 0.6 is 0 Å². The third kappa shape index (κ3) is 3.79. The average molecular weight is 419 g/mol. The number of pyridine rings is 1. The van der Waals surface area contributed by atoms with Crippen molar-refractivity contribution in [1.82, 2.24) is 30.1 Å². The van der Waals surface area contributed by atoms with Crippen molar-refractivity contribution in [3.63, 3.8) is 0 Å². The van der Waals surface area contributed by atoms with Crippen molar-refractivity contribution in [3.8, 4) is 0 Å². The number of benzene rings is 1. The Morgan fingerprint density at radius 2 is 1.94 bits per heavy atom. The average Bonchev–Trinajstić information content (AvgIpc) is 3.44. The van der Waals surface area contributed by atoms with Gasteiger partial charge in [-0.25, -0.2) is 4.68 Å². The Labute approximate surface area is 179 Å². The van der Waals surface area contributed by atoms with Crippen molar-refractivity contribution >= 4 is 10.9 Å². The van der Waals surface area contributed by atoms with Crippen molar-refractivity contribution in [1.29, 1.82) is 0 Å². The van der Waals surface area contributed by atoms with Crippen LogP contribution in [0, 0.1) is 13.8 Å². The first kappa shape index (κ1) is 19.7. The molecule has 0 amide bonds. The monoisotopic (exact) mass is 418 g/mol. The SMILES string of the molecule is Cc1cc2cc([C@H](c3nnnn3Cc3ccco3)N3CCCCC3)c(=O)[nH]c2cc1C. The molecule has 3 aromatic heterocycles. The van der Waals surface area contributed by atoms with Gasteiger partial charge in [0, 0.05) is 11.1 Å². The molecule has 5 rings (SSSR count). The van der Waals surface area contributed by atoms with Crippen molar-refractivity contribution in [2.24, 2.45) is 0 Å². The van der Waals surface area contributed by atoms with Gasteiger partial charge in [-0.3, -0.25) is 9.69 Å². The molecule has 1 aliphatic rings. The Balaban J connectivity index is 1.64. The molecule has 0 spiro atoms. The molecule has 0 bridgehead atoms. The van der Waals surface area contributed by atoms with E-state index in [0.29, 0.717) is 17.9 Å². The number of H-pyrrole nitrogens is 1. The molecule has 1 fully saturated rings. The van der Waals surface area contributed by atoms with E-state index in [2.05, 4.69) is 45.3 Å². The number of rotatable bonds is 5. The number of tetrazole rings is 1. The van der Waals surface area contributed by atoms with Gasteiger partial charge >= 0.3 is 0 Å². The van der Waals surface area contributed by atoms with Gasteiger partial charge in [0.25, 0.3) is 5.56 Å². The first-order valence-electron chi connectivity index (χ1n) is 10.8. The Hall–Kier alpha value is -3.26. The van der Waals surface area contributed by atoms with Crippen LogP contribution in [0.15, 0.2) is 45.8 Å². The molecule has 0 unspecified atom stereocenters. The van der Waals surface area contributed by atoms with E-state index < -0.39 is 0 Å². The molecule has 1 saturated heterocycles. The summed E-state index contributed by atoms with van der Waals surface area (Å²) in [6.45, 7) is 6.38. The highest BCUT2D eigenvalue weighted by Gasteiger charge is 2.31. The Morgan fingerprint density at radius 3 is 2.71 bits per heavy atom. The molecule has 8 nitrogen and oxygen atoms in total. The molecule has 1 aliphatic heterocycles. The lowest BCUT2D eigenvalue weighted by Crippen LogP contribution is -2.38. The van der Waals surface area contributed by atoms with Gasteiger partial charge in [-0.1, -0.05) is 6.42 Å². The lowest BCUT2D eigenvalue weighted by atomic mass is 9.99. The number of likely N-dealkylation sites (tertiary alicyclic amines) is 1. The minimum Gasteiger partial charge on any atom is -0.467 e. The maximum absolute atomic E-state index is 13.3. The van der Waals surface area contributed by atoms with Crippen LogP contribution in [0.25, 0.3) is 10.9 Å². The van der Waals surface area contributed by atoms with Crippen LogP contribution in [0.4, 0.5) is 0 Å². The maximum atomic E-state index is 13.3. The molecule has 0 radical (unpaired) electrons. The van der Waals surface area contributed by atoms with Crippen LogP contribution in [-0.2, 0) is 6.54 Å². The number of nitrogens with zero attached hydrogens (tertiary/aromatic N) is 5. The molecular weight excluding hydrogens is 392 g/mol. The highest BCUT2D eigenvalue weighted by atomic mass is 16.3. The van der Waals surface area contributed by atoms with E-state index in [0.717, 1.165) is 48.2 Å². The van der Waals surface area contributed by atoms with Crippen LogP contribution in [0.2, 0.25) is 0 Å². The summed E-state index contributed by atoms with van der Waals surface area (Å²) >= 11 is 0. The number of aryl methyl sites for hydroxylation is 2. The minimum atomic E-state index is -0.319. The molecule has 8 heteroatoms. The summed E-state index contributed by atoms with van der Waals surface area (Å²) in [6.07, 6.45) is 5.03. The molecule has 160 valence electrons. The second-order valence-electron chi connectivity index (χ2n) is 8.35. The summed E-state index contributed by atoms with van der Waals surface area (Å²) in [5.74, 6) is 1.43. The van der Waals surface area contributed by atoms with Gasteiger partial charge in [-0.15, -0.1) is 5.10 Å². The van der Waals surface area contributed by atoms with Crippen LogP contribution in [-0.4, -0.2) is 43.2 Å². The number of furan rings is 1. The molecule has 0 saturated carbocycles. The summed E-state index contributed by atoms with van der Waals surface area (Å²) in [7, 11) is 0. The van der Waals surface area contributed by atoms with Gasteiger partial charge in [0.1, 0.15) is 18.3 Å². The summed E-state index contributed by atoms with van der Waals surface area (Å²) in [6, 6.07) is 9.59. The van der Waals surface area contributed by atoms with E-state index in [1.54, 1.807) is 10.9 Å². The quantitative estimate of drug-likeness (QED) is 0.534. The van der Waals surface area contributed by atoms with E-state index in [-0.39, 0.29) is 11.6 Å². The zero-order valence-corrected chi connectivity index (χ0v) is 17.8. The van der Waals surface area contributed by atoms with Gasteiger partial charge in [0.15, 0.2) is 5.82 Å². The predicted molar refractivity (Wildman–Crippen MR) is 117 cm³/mol. The topological polar surface area (TPSA) is 92.8 Å². The van der Waals surface area contributed by atoms with Crippen molar-refractivity contribution in [2.75, 3.05) is 13.1 Å². The fourth-order valence-corrected chi connectivity index (χ4v) is 4.44. The molecular formula is C23H26N6O2. The maximum Gasteiger partial charge on any atom is 0.253 e. The van der Waals surface area contributed by atoms with Crippen molar-refractivity contribution in [2.45, 2.75) is 45.7 Å². The van der Waals surface area contributed by atoms with Crippen LogP contribution in [0.3, 0.4) is 0 Å². The van der Waals surface area contributed by atoms with Gasteiger partial charge in [-0.05, 0) is 97.1 Å². The van der Waals surface area contributed by atoms with Gasteiger partial charge < -0.3 is 9.40 Å². The number of aromatic nitrogens is 5. The zero-order valence-electron chi connectivity index (χ0n) is 17.8. The van der Waals surface area contributed by atoms with Gasteiger partial charge in [-0.2, -0.15) is 0 Å². The molecule has 1 N–H and O–H groups in total. The number of hydrogen-bond donors (Lipinski definition) is 1. The van der Waals surface area contributed by atoms with Crippen LogP contribution in [0.5, 0.6) is 0 Å². The highest BCUT2D eigenvalue weighted by molar-refractivity contribution is 5.81. The number of fused-ring (bicyclic) bond motifs is 1. The number of piperidine rings is 1. The fourth-order valence-electron chi connectivity index (χ4n) is 4.44. The number of nitrogens with one attached hydrogen (secondary N) is 1. The third-order valence-corrected chi connectivity index (χ3v) is 6.23. The van der Waals surface area contributed by atoms with E-state index in [4.69, 9.17) is 4.42 Å². The number of aromatic amines is 1. The van der Waals surface area contributed by atoms with E-state index in [1.165, 1.54) is 12.0 Å². The lowest BCUT2D eigenvalue weighted by Gasteiger charge is -2.33. The van der Waals surface area contributed by atoms with Gasteiger partial charge in [0.05, 0.1) is 6.26 Å².